The number of nitrogens with zero attached hydrogens (tertiary/aromatic N) is 2. The molecule has 1 unspecified atom stereocenters. The molecule has 5 nitrogen and oxygen atoms in total. The predicted octanol–water partition coefficient (Wildman–Crippen LogP) is 3.72. The van der Waals surface area contributed by atoms with Gasteiger partial charge in [0.2, 0.25) is 0 Å². The maximum atomic E-state index is 13.1. The van der Waals surface area contributed by atoms with Gasteiger partial charge in [-0.15, -0.1) is 0 Å². The monoisotopic (exact) mass is 357 g/mol. The number of hydrogen-bond acceptors (Lipinski definition) is 3. The highest BCUT2D eigenvalue weighted by molar-refractivity contribution is 7.07. The van der Waals surface area contributed by atoms with E-state index < -0.39 is 0 Å². The lowest BCUT2D eigenvalue weighted by Crippen LogP contribution is -2.37. The van der Waals surface area contributed by atoms with Crippen molar-refractivity contribution in [1.29, 1.82) is 0 Å². The number of amides is 3. The van der Waals surface area contributed by atoms with Crippen molar-refractivity contribution in [2.45, 2.75) is 32.9 Å². The molecule has 1 aromatic heterocycles. The lowest BCUT2D eigenvalue weighted by Gasteiger charge is -2.29. The molecule has 0 saturated carbocycles. The zero-order chi connectivity index (χ0) is 17.8. The molecule has 3 rings (SSSR count). The second kappa shape index (κ2) is 7.70. The Balaban J connectivity index is 1.85. The Morgan fingerprint density at radius 2 is 2.24 bits per heavy atom. The number of urea groups is 1. The molecule has 1 atom stereocenters. The van der Waals surface area contributed by atoms with Gasteiger partial charge in [0.15, 0.2) is 0 Å². The van der Waals surface area contributed by atoms with Crippen LogP contribution in [0.5, 0.6) is 0 Å². The second-order valence-corrected chi connectivity index (χ2v) is 7.04. The zero-order valence-electron chi connectivity index (χ0n) is 14.6. The van der Waals surface area contributed by atoms with Crippen molar-refractivity contribution in [2.75, 3.05) is 18.0 Å². The van der Waals surface area contributed by atoms with E-state index in [1.54, 1.807) is 16.2 Å². The third-order valence-corrected chi connectivity index (χ3v) is 5.31. The van der Waals surface area contributed by atoms with Gasteiger partial charge in [-0.05, 0) is 53.9 Å². The number of rotatable bonds is 6. The second-order valence-electron chi connectivity index (χ2n) is 6.26. The van der Waals surface area contributed by atoms with Crippen molar-refractivity contribution in [3.63, 3.8) is 0 Å². The molecule has 2 aromatic rings. The highest BCUT2D eigenvalue weighted by Crippen LogP contribution is 2.22. The molecule has 0 spiro atoms. The first kappa shape index (κ1) is 17.5. The number of anilines is 1. The molecule has 0 radical (unpaired) electrons. The number of hydrogen-bond donors (Lipinski definition) is 1. The van der Waals surface area contributed by atoms with Gasteiger partial charge in [-0.2, -0.15) is 11.3 Å². The Kier molecular flexibility index (Phi) is 5.38. The maximum Gasteiger partial charge on any atom is 0.321 e. The summed E-state index contributed by atoms with van der Waals surface area (Å²) in [5, 5.41) is 6.90. The normalized spacial score (nSPS) is 15.1. The van der Waals surface area contributed by atoms with Crippen molar-refractivity contribution < 1.29 is 9.59 Å². The molecular weight excluding hydrogens is 334 g/mol. The molecule has 25 heavy (non-hydrogen) atoms. The molecule has 132 valence electrons. The minimum Gasteiger partial charge on any atom is -0.336 e. The van der Waals surface area contributed by atoms with E-state index in [1.165, 1.54) is 0 Å². The molecule has 1 fully saturated rings. The van der Waals surface area contributed by atoms with Crippen LogP contribution in [0.1, 0.15) is 36.2 Å². The van der Waals surface area contributed by atoms with Crippen LogP contribution >= 0.6 is 11.3 Å². The van der Waals surface area contributed by atoms with Gasteiger partial charge in [-0.25, -0.2) is 4.79 Å². The zero-order valence-corrected chi connectivity index (χ0v) is 15.4. The highest BCUT2D eigenvalue weighted by atomic mass is 32.1. The number of carbonyl (C=O) groups excluding carboxylic acids is 2. The first-order valence-electron chi connectivity index (χ1n) is 8.57. The van der Waals surface area contributed by atoms with E-state index in [2.05, 4.69) is 30.6 Å². The van der Waals surface area contributed by atoms with Gasteiger partial charge in [-0.3, -0.25) is 9.69 Å². The standard InChI is InChI=1S/C19H23N3O2S/c1-3-14(2)22(12-15-7-10-25-13-15)18(23)16-5-4-6-17(11-16)21-9-8-20-19(21)24/h4-7,10-11,13-14H,3,8-9,12H2,1-2H3,(H,20,24). The number of nitrogens with one attached hydrogen (secondary N) is 1. The SMILES string of the molecule is CCC(C)N(Cc1ccsc1)C(=O)c1cccc(N2CCNC2=O)c1. The smallest absolute Gasteiger partial charge is 0.321 e. The van der Waals surface area contributed by atoms with Gasteiger partial charge in [0.25, 0.3) is 5.91 Å². The average molecular weight is 357 g/mol. The largest absolute Gasteiger partial charge is 0.336 e. The van der Waals surface area contributed by atoms with E-state index in [0.29, 0.717) is 25.2 Å². The van der Waals surface area contributed by atoms with Crippen LogP contribution in [0.15, 0.2) is 41.1 Å². The van der Waals surface area contributed by atoms with Gasteiger partial charge in [-0.1, -0.05) is 13.0 Å². The maximum absolute atomic E-state index is 13.1. The lowest BCUT2D eigenvalue weighted by atomic mass is 10.1. The van der Waals surface area contributed by atoms with Crippen LogP contribution in [0.25, 0.3) is 0 Å². The molecule has 0 aliphatic carbocycles. The molecule has 3 amide bonds. The Bertz CT molecular complexity index is 745. The fraction of sp³-hybridized carbons (Fsp3) is 0.368. The van der Waals surface area contributed by atoms with Gasteiger partial charge in [0.1, 0.15) is 0 Å². The fourth-order valence-electron chi connectivity index (χ4n) is 2.92. The summed E-state index contributed by atoms with van der Waals surface area (Å²) in [6.45, 7) is 6.02. The molecule has 0 bridgehead atoms. The lowest BCUT2D eigenvalue weighted by molar-refractivity contribution is 0.0672. The Hall–Kier alpha value is -2.34. The third-order valence-electron chi connectivity index (χ3n) is 4.58. The van der Waals surface area contributed by atoms with Crippen molar-refractivity contribution in [3.8, 4) is 0 Å². The van der Waals surface area contributed by atoms with E-state index in [0.717, 1.165) is 17.7 Å². The van der Waals surface area contributed by atoms with E-state index in [9.17, 15) is 9.59 Å². The van der Waals surface area contributed by atoms with Crippen LogP contribution in [-0.4, -0.2) is 36.0 Å². The fourth-order valence-corrected chi connectivity index (χ4v) is 3.58. The van der Waals surface area contributed by atoms with Crippen molar-refractivity contribution >= 4 is 29.0 Å². The molecule has 1 aliphatic heterocycles. The summed E-state index contributed by atoms with van der Waals surface area (Å²) in [5.41, 5.74) is 2.53. The summed E-state index contributed by atoms with van der Waals surface area (Å²) in [6, 6.07) is 9.44. The summed E-state index contributed by atoms with van der Waals surface area (Å²) in [7, 11) is 0. The molecule has 2 heterocycles. The van der Waals surface area contributed by atoms with Crippen LogP contribution in [0.4, 0.5) is 10.5 Å². The Labute approximate surface area is 152 Å². The quantitative estimate of drug-likeness (QED) is 0.857. The van der Waals surface area contributed by atoms with Crippen molar-refractivity contribution in [2.24, 2.45) is 0 Å². The Morgan fingerprint density at radius 3 is 2.88 bits per heavy atom. The molecular formula is C19H23N3O2S. The van der Waals surface area contributed by atoms with Gasteiger partial charge in [0.05, 0.1) is 0 Å². The highest BCUT2D eigenvalue weighted by Gasteiger charge is 2.24. The molecule has 1 aliphatic rings. The summed E-state index contributed by atoms with van der Waals surface area (Å²) in [5.74, 6) is 0.00186. The van der Waals surface area contributed by atoms with E-state index in [1.807, 2.05) is 34.5 Å². The van der Waals surface area contributed by atoms with Gasteiger partial charge in [0, 0.05) is 36.9 Å². The topological polar surface area (TPSA) is 52.7 Å². The van der Waals surface area contributed by atoms with E-state index >= 15 is 0 Å². The summed E-state index contributed by atoms with van der Waals surface area (Å²) in [4.78, 5) is 28.6. The molecule has 1 N–H and O–H groups in total. The van der Waals surface area contributed by atoms with Crippen LogP contribution < -0.4 is 10.2 Å². The number of thiophene rings is 1. The Morgan fingerprint density at radius 1 is 1.40 bits per heavy atom. The number of carbonyl (C=O) groups is 2. The van der Waals surface area contributed by atoms with Crippen LogP contribution in [0.2, 0.25) is 0 Å². The third kappa shape index (κ3) is 3.85. The van der Waals surface area contributed by atoms with Crippen molar-refractivity contribution in [3.05, 3.63) is 52.2 Å². The van der Waals surface area contributed by atoms with Crippen LogP contribution in [0, 0.1) is 0 Å². The summed E-state index contributed by atoms with van der Waals surface area (Å²) in [6.07, 6.45) is 0.893. The summed E-state index contributed by atoms with van der Waals surface area (Å²) >= 11 is 1.64. The van der Waals surface area contributed by atoms with Crippen molar-refractivity contribution in [1.82, 2.24) is 10.2 Å². The molecule has 1 aromatic carbocycles. The van der Waals surface area contributed by atoms with Gasteiger partial charge < -0.3 is 10.2 Å². The predicted molar refractivity (Wildman–Crippen MR) is 101 cm³/mol. The first-order valence-corrected chi connectivity index (χ1v) is 9.52. The van der Waals surface area contributed by atoms with Crippen LogP contribution in [-0.2, 0) is 6.54 Å². The summed E-state index contributed by atoms with van der Waals surface area (Å²) < 4.78 is 0. The van der Waals surface area contributed by atoms with Gasteiger partial charge >= 0.3 is 6.03 Å². The van der Waals surface area contributed by atoms with Crippen LogP contribution in [0.3, 0.4) is 0 Å². The minimum absolute atomic E-state index is 0.00186. The number of benzene rings is 1. The first-order chi connectivity index (χ1) is 12.1. The van der Waals surface area contributed by atoms with E-state index in [-0.39, 0.29) is 18.0 Å². The van der Waals surface area contributed by atoms with E-state index in [4.69, 9.17) is 0 Å². The average Bonchev–Trinajstić information content (AvgIpc) is 3.30. The molecule has 1 saturated heterocycles. The minimum atomic E-state index is -0.110. The molecule has 6 heteroatoms.